The molecule has 1 amide bonds. The van der Waals surface area contributed by atoms with Crippen molar-refractivity contribution in [3.8, 4) is 0 Å². The molecule has 0 aliphatic heterocycles. The molecule has 1 heterocycles. The molecule has 0 radical (unpaired) electrons. The average Bonchev–Trinajstić information content (AvgIpc) is 2.79. The molecule has 0 saturated carbocycles. The average molecular weight is 362 g/mol. The normalized spacial score (nSPS) is 10.6. The molecule has 3 aromatic rings. The number of nitrogens with zero attached hydrogens (tertiary/aromatic N) is 1. The molecule has 21 heavy (non-hydrogen) atoms. The Bertz CT molecular complexity index is 816. The Morgan fingerprint density at radius 2 is 2.00 bits per heavy atom. The van der Waals surface area contributed by atoms with Crippen LogP contribution in [-0.4, -0.2) is 10.9 Å². The van der Waals surface area contributed by atoms with Crippen molar-refractivity contribution in [3.63, 3.8) is 0 Å². The van der Waals surface area contributed by atoms with Gasteiger partial charge in [-0.25, -0.2) is 4.98 Å². The molecule has 4 nitrogen and oxygen atoms in total. The van der Waals surface area contributed by atoms with Gasteiger partial charge in [-0.1, -0.05) is 33.3 Å². The fraction of sp³-hybridized carbons (Fsp3) is 0.0667. The molecular formula is C15H12BrN3OS. The number of thiazole rings is 1. The van der Waals surface area contributed by atoms with E-state index in [2.05, 4.69) is 31.5 Å². The fourth-order valence-corrected chi connectivity index (χ4v) is 3.39. The third-order valence-corrected chi connectivity index (χ3v) is 4.21. The molecular weight excluding hydrogens is 350 g/mol. The lowest BCUT2D eigenvalue weighted by atomic mass is 10.3. The van der Waals surface area contributed by atoms with Crippen LogP contribution < -0.4 is 10.6 Å². The second-order valence-corrected chi connectivity index (χ2v) is 6.46. The number of nitrogens with one attached hydrogen (secondary N) is 2. The molecule has 0 unspecified atom stereocenters. The highest BCUT2D eigenvalue weighted by atomic mass is 79.9. The van der Waals surface area contributed by atoms with Gasteiger partial charge in [-0.2, -0.15) is 0 Å². The predicted octanol–water partition coefficient (Wildman–Crippen LogP) is 4.76. The van der Waals surface area contributed by atoms with Crippen molar-refractivity contribution in [2.24, 2.45) is 0 Å². The number of aromatic nitrogens is 1. The summed E-state index contributed by atoms with van der Waals surface area (Å²) in [4.78, 5) is 15.6. The highest BCUT2D eigenvalue weighted by molar-refractivity contribution is 9.10. The minimum absolute atomic E-state index is 0.0861. The Hall–Kier alpha value is -1.92. The summed E-state index contributed by atoms with van der Waals surface area (Å²) in [5.41, 5.74) is 2.61. The SMILES string of the molecule is CC(=O)Nc1cccc(Nc2nc3ccc(Br)cc3s2)c1. The van der Waals surface area contributed by atoms with Crippen LogP contribution in [0.4, 0.5) is 16.5 Å². The van der Waals surface area contributed by atoms with Crippen molar-refractivity contribution in [1.29, 1.82) is 0 Å². The molecule has 2 aromatic carbocycles. The first-order chi connectivity index (χ1) is 10.1. The predicted molar refractivity (Wildman–Crippen MR) is 91.3 cm³/mol. The minimum Gasteiger partial charge on any atom is -0.331 e. The molecule has 106 valence electrons. The Labute approximate surface area is 134 Å². The number of carbonyl (C=O) groups is 1. The van der Waals surface area contributed by atoms with E-state index in [1.54, 1.807) is 11.3 Å². The first-order valence-electron chi connectivity index (χ1n) is 6.31. The van der Waals surface area contributed by atoms with Gasteiger partial charge in [0.1, 0.15) is 0 Å². The molecule has 0 saturated heterocycles. The van der Waals surface area contributed by atoms with E-state index in [1.165, 1.54) is 6.92 Å². The van der Waals surface area contributed by atoms with Gasteiger partial charge in [0.25, 0.3) is 0 Å². The molecule has 6 heteroatoms. The Morgan fingerprint density at radius 3 is 2.81 bits per heavy atom. The van der Waals surface area contributed by atoms with Gasteiger partial charge >= 0.3 is 0 Å². The number of hydrogen-bond donors (Lipinski definition) is 2. The van der Waals surface area contributed by atoms with Crippen LogP contribution in [0.15, 0.2) is 46.9 Å². The van der Waals surface area contributed by atoms with Crippen LogP contribution in [0.25, 0.3) is 10.2 Å². The van der Waals surface area contributed by atoms with Crippen molar-refractivity contribution in [3.05, 3.63) is 46.9 Å². The van der Waals surface area contributed by atoms with Crippen LogP contribution in [0, 0.1) is 0 Å². The fourth-order valence-electron chi connectivity index (χ4n) is 1.95. The topological polar surface area (TPSA) is 54.0 Å². The zero-order valence-corrected chi connectivity index (χ0v) is 13.6. The second-order valence-electron chi connectivity index (χ2n) is 4.52. The van der Waals surface area contributed by atoms with Crippen LogP contribution >= 0.6 is 27.3 Å². The number of rotatable bonds is 3. The highest BCUT2D eigenvalue weighted by Gasteiger charge is 2.05. The van der Waals surface area contributed by atoms with Crippen LogP contribution in [0.1, 0.15) is 6.92 Å². The standard InChI is InChI=1S/C15H12BrN3OS/c1-9(20)17-11-3-2-4-12(8-11)18-15-19-13-6-5-10(16)7-14(13)21-15/h2-8H,1H3,(H,17,20)(H,18,19). The zero-order valence-electron chi connectivity index (χ0n) is 11.2. The highest BCUT2D eigenvalue weighted by Crippen LogP contribution is 2.30. The molecule has 0 fully saturated rings. The third-order valence-electron chi connectivity index (χ3n) is 2.78. The first kappa shape index (κ1) is 14.0. The van der Waals surface area contributed by atoms with E-state index < -0.39 is 0 Å². The molecule has 0 atom stereocenters. The van der Waals surface area contributed by atoms with E-state index >= 15 is 0 Å². The number of carbonyl (C=O) groups excluding carboxylic acids is 1. The Balaban J connectivity index is 1.86. The number of benzene rings is 2. The Kier molecular flexibility index (Phi) is 3.90. The molecule has 0 spiro atoms. The van der Waals surface area contributed by atoms with Gasteiger partial charge < -0.3 is 10.6 Å². The first-order valence-corrected chi connectivity index (χ1v) is 7.92. The van der Waals surface area contributed by atoms with Crippen molar-refractivity contribution in [1.82, 2.24) is 4.98 Å². The summed E-state index contributed by atoms with van der Waals surface area (Å²) < 4.78 is 2.16. The summed E-state index contributed by atoms with van der Waals surface area (Å²) in [6, 6.07) is 13.6. The van der Waals surface area contributed by atoms with Crippen molar-refractivity contribution in [2.75, 3.05) is 10.6 Å². The van der Waals surface area contributed by atoms with E-state index in [1.807, 2.05) is 42.5 Å². The minimum atomic E-state index is -0.0861. The number of halogens is 1. The van der Waals surface area contributed by atoms with Crippen molar-refractivity contribution >= 4 is 59.9 Å². The largest absolute Gasteiger partial charge is 0.331 e. The molecule has 3 rings (SSSR count). The number of fused-ring (bicyclic) bond motifs is 1. The van der Waals surface area contributed by atoms with Crippen LogP contribution in [0.3, 0.4) is 0 Å². The van der Waals surface area contributed by atoms with Gasteiger partial charge in [-0.05, 0) is 36.4 Å². The van der Waals surface area contributed by atoms with E-state index in [4.69, 9.17) is 0 Å². The third kappa shape index (κ3) is 3.40. The van der Waals surface area contributed by atoms with Crippen molar-refractivity contribution < 1.29 is 4.79 Å². The lowest BCUT2D eigenvalue weighted by Crippen LogP contribution is -2.05. The van der Waals surface area contributed by atoms with E-state index in [0.717, 1.165) is 31.2 Å². The van der Waals surface area contributed by atoms with Gasteiger partial charge in [-0.3, -0.25) is 4.79 Å². The quantitative estimate of drug-likeness (QED) is 0.706. The van der Waals surface area contributed by atoms with E-state index in [0.29, 0.717) is 0 Å². The van der Waals surface area contributed by atoms with Gasteiger partial charge in [0.2, 0.25) is 5.91 Å². The monoisotopic (exact) mass is 361 g/mol. The number of hydrogen-bond acceptors (Lipinski definition) is 4. The molecule has 1 aromatic heterocycles. The van der Waals surface area contributed by atoms with Crippen LogP contribution in [0.2, 0.25) is 0 Å². The summed E-state index contributed by atoms with van der Waals surface area (Å²) in [7, 11) is 0. The molecule has 2 N–H and O–H groups in total. The summed E-state index contributed by atoms with van der Waals surface area (Å²) >= 11 is 5.05. The van der Waals surface area contributed by atoms with Gasteiger partial charge in [0, 0.05) is 22.8 Å². The lowest BCUT2D eigenvalue weighted by molar-refractivity contribution is -0.114. The maximum absolute atomic E-state index is 11.1. The molecule has 0 aliphatic carbocycles. The van der Waals surface area contributed by atoms with Crippen molar-refractivity contribution in [2.45, 2.75) is 6.92 Å². The maximum atomic E-state index is 11.1. The van der Waals surface area contributed by atoms with Crippen LogP contribution in [0.5, 0.6) is 0 Å². The van der Waals surface area contributed by atoms with Crippen LogP contribution in [-0.2, 0) is 4.79 Å². The number of amides is 1. The van der Waals surface area contributed by atoms with E-state index in [9.17, 15) is 4.79 Å². The molecule has 0 aliphatic rings. The number of anilines is 3. The molecule has 0 bridgehead atoms. The summed E-state index contributed by atoms with van der Waals surface area (Å²) in [6.07, 6.45) is 0. The van der Waals surface area contributed by atoms with E-state index in [-0.39, 0.29) is 5.91 Å². The Morgan fingerprint density at radius 1 is 1.19 bits per heavy atom. The zero-order chi connectivity index (χ0) is 14.8. The second kappa shape index (κ2) is 5.83. The summed E-state index contributed by atoms with van der Waals surface area (Å²) in [6.45, 7) is 1.49. The lowest BCUT2D eigenvalue weighted by Gasteiger charge is -2.06. The summed E-state index contributed by atoms with van der Waals surface area (Å²) in [5, 5.41) is 6.85. The maximum Gasteiger partial charge on any atom is 0.221 e. The smallest absolute Gasteiger partial charge is 0.221 e. The summed E-state index contributed by atoms with van der Waals surface area (Å²) in [5.74, 6) is -0.0861. The van der Waals surface area contributed by atoms with Gasteiger partial charge in [-0.15, -0.1) is 0 Å². The van der Waals surface area contributed by atoms with Gasteiger partial charge in [0.15, 0.2) is 5.13 Å². The van der Waals surface area contributed by atoms with Gasteiger partial charge in [0.05, 0.1) is 10.2 Å².